The molecule has 1 N–H and O–H groups in total. The molecule has 2 aromatic carbocycles. The topological polar surface area (TPSA) is 66.8 Å². The summed E-state index contributed by atoms with van der Waals surface area (Å²) in [6.45, 7) is 0.706. The summed E-state index contributed by atoms with van der Waals surface area (Å²) in [4.78, 5) is 27.7. The SMILES string of the molecule is O=C1C(c2ccccc2)=C(O)C(=O)N(C[C@H]2CCCO2)[C@@H]1c1ccccc1F. The zero-order valence-corrected chi connectivity index (χ0v) is 15.2. The number of hydrogen-bond acceptors (Lipinski definition) is 4. The number of ketones is 1. The molecular weight excluding hydrogens is 361 g/mol. The van der Waals surface area contributed by atoms with Crippen LogP contribution in [0.15, 0.2) is 60.4 Å². The third kappa shape index (κ3) is 3.20. The molecule has 0 aromatic heterocycles. The number of rotatable bonds is 4. The normalized spacial score (nSPS) is 22.8. The Morgan fingerprint density at radius 1 is 1.07 bits per heavy atom. The number of amides is 1. The van der Waals surface area contributed by atoms with Gasteiger partial charge in [0, 0.05) is 18.7 Å². The van der Waals surface area contributed by atoms with Crippen molar-refractivity contribution in [2.45, 2.75) is 25.0 Å². The van der Waals surface area contributed by atoms with Gasteiger partial charge in [0.15, 0.2) is 11.5 Å². The Morgan fingerprint density at radius 3 is 2.46 bits per heavy atom. The Labute approximate surface area is 162 Å². The maximum atomic E-state index is 14.6. The molecule has 0 saturated carbocycles. The minimum atomic E-state index is -1.15. The Morgan fingerprint density at radius 2 is 1.79 bits per heavy atom. The highest BCUT2D eigenvalue weighted by Crippen LogP contribution is 2.37. The summed E-state index contributed by atoms with van der Waals surface area (Å²) < 4.78 is 20.2. The minimum Gasteiger partial charge on any atom is -0.503 e. The largest absolute Gasteiger partial charge is 0.503 e. The second-order valence-corrected chi connectivity index (χ2v) is 6.97. The summed E-state index contributed by atoms with van der Waals surface area (Å²) >= 11 is 0. The quantitative estimate of drug-likeness (QED) is 0.881. The lowest BCUT2D eigenvalue weighted by atomic mass is 9.87. The van der Waals surface area contributed by atoms with Crippen molar-refractivity contribution in [3.63, 3.8) is 0 Å². The second kappa shape index (κ2) is 7.56. The third-order valence-electron chi connectivity index (χ3n) is 5.19. The molecule has 5 nitrogen and oxygen atoms in total. The number of aliphatic hydroxyl groups excluding tert-OH is 1. The van der Waals surface area contributed by atoms with Gasteiger partial charge < -0.3 is 14.7 Å². The molecule has 2 aliphatic rings. The molecule has 1 fully saturated rings. The van der Waals surface area contributed by atoms with Crippen molar-refractivity contribution in [1.29, 1.82) is 0 Å². The number of halogens is 1. The van der Waals surface area contributed by atoms with E-state index in [9.17, 15) is 19.1 Å². The number of ether oxygens (including phenoxy) is 1. The van der Waals surface area contributed by atoms with Crippen LogP contribution >= 0.6 is 0 Å². The molecule has 4 rings (SSSR count). The van der Waals surface area contributed by atoms with Crippen LogP contribution in [0.4, 0.5) is 4.39 Å². The van der Waals surface area contributed by atoms with Crippen molar-refractivity contribution in [2.24, 2.45) is 0 Å². The van der Waals surface area contributed by atoms with Crippen molar-refractivity contribution in [3.8, 4) is 0 Å². The number of nitrogens with zero attached hydrogens (tertiary/aromatic N) is 1. The molecule has 1 amide bonds. The standard InChI is InChI=1S/C22H20FNO4/c23-17-11-5-4-10-16(17)19-20(25)18(14-7-2-1-3-8-14)21(26)22(27)24(19)13-15-9-6-12-28-15/h1-5,7-8,10-11,15,19,26H,6,9,12-13H2/t15-,19-/m1/s1. The number of carbonyl (C=O) groups is 2. The lowest BCUT2D eigenvalue weighted by Gasteiger charge is -2.36. The molecule has 6 heteroatoms. The van der Waals surface area contributed by atoms with Crippen LogP contribution in [-0.4, -0.2) is 41.0 Å². The van der Waals surface area contributed by atoms with Gasteiger partial charge in [-0.25, -0.2) is 4.39 Å². The molecular formula is C22H20FNO4. The van der Waals surface area contributed by atoms with Gasteiger partial charge in [-0.05, 0) is 24.5 Å². The van der Waals surface area contributed by atoms with E-state index in [-0.39, 0.29) is 23.8 Å². The highest BCUT2D eigenvalue weighted by Gasteiger charge is 2.44. The van der Waals surface area contributed by atoms with Gasteiger partial charge in [-0.1, -0.05) is 48.5 Å². The van der Waals surface area contributed by atoms with Gasteiger partial charge in [0.1, 0.15) is 11.9 Å². The first-order valence-corrected chi connectivity index (χ1v) is 9.28. The fourth-order valence-electron chi connectivity index (χ4n) is 3.84. The Balaban J connectivity index is 1.83. The summed E-state index contributed by atoms with van der Waals surface area (Å²) in [6.07, 6.45) is 1.37. The van der Waals surface area contributed by atoms with E-state index < -0.39 is 29.3 Å². The maximum Gasteiger partial charge on any atom is 0.290 e. The number of hydrogen-bond donors (Lipinski definition) is 1. The van der Waals surface area contributed by atoms with Crippen LogP contribution in [0, 0.1) is 5.82 Å². The van der Waals surface area contributed by atoms with E-state index in [4.69, 9.17) is 4.74 Å². The van der Waals surface area contributed by atoms with Crippen LogP contribution in [0.5, 0.6) is 0 Å². The van der Waals surface area contributed by atoms with Gasteiger partial charge >= 0.3 is 0 Å². The van der Waals surface area contributed by atoms with Crippen molar-refractivity contribution in [3.05, 3.63) is 77.3 Å². The smallest absolute Gasteiger partial charge is 0.290 e. The minimum absolute atomic E-state index is 0.0811. The highest BCUT2D eigenvalue weighted by atomic mass is 19.1. The zero-order chi connectivity index (χ0) is 19.7. The van der Waals surface area contributed by atoms with Gasteiger partial charge in [-0.2, -0.15) is 0 Å². The van der Waals surface area contributed by atoms with Crippen molar-refractivity contribution < 1.29 is 23.8 Å². The molecule has 0 radical (unpaired) electrons. The molecule has 0 spiro atoms. The van der Waals surface area contributed by atoms with Gasteiger partial charge in [0.05, 0.1) is 11.7 Å². The van der Waals surface area contributed by atoms with Crippen LogP contribution in [0.2, 0.25) is 0 Å². The predicted molar refractivity (Wildman–Crippen MR) is 101 cm³/mol. The average Bonchev–Trinajstić information content (AvgIpc) is 3.21. The van der Waals surface area contributed by atoms with E-state index in [0.29, 0.717) is 12.2 Å². The van der Waals surface area contributed by atoms with E-state index in [0.717, 1.165) is 12.8 Å². The fourth-order valence-corrected chi connectivity index (χ4v) is 3.84. The van der Waals surface area contributed by atoms with E-state index in [1.54, 1.807) is 36.4 Å². The van der Waals surface area contributed by atoms with E-state index in [1.807, 2.05) is 0 Å². The molecule has 0 aliphatic carbocycles. The Kier molecular flexibility index (Phi) is 4.96. The fraction of sp³-hybridized carbons (Fsp3) is 0.273. The monoisotopic (exact) mass is 381 g/mol. The molecule has 144 valence electrons. The first-order valence-electron chi connectivity index (χ1n) is 9.28. The average molecular weight is 381 g/mol. The Hall–Kier alpha value is -2.99. The number of benzene rings is 2. The molecule has 1 saturated heterocycles. The van der Waals surface area contributed by atoms with Crippen LogP contribution in [0.1, 0.15) is 30.0 Å². The second-order valence-electron chi connectivity index (χ2n) is 6.97. The van der Waals surface area contributed by atoms with Crippen molar-refractivity contribution in [1.82, 2.24) is 4.90 Å². The zero-order valence-electron chi connectivity index (χ0n) is 15.2. The lowest BCUT2D eigenvalue weighted by Crippen LogP contribution is -2.48. The molecule has 0 bridgehead atoms. The third-order valence-corrected chi connectivity index (χ3v) is 5.19. The van der Waals surface area contributed by atoms with Gasteiger partial charge in [-0.3, -0.25) is 9.59 Å². The van der Waals surface area contributed by atoms with Crippen LogP contribution < -0.4 is 0 Å². The number of carbonyl (C=O) groups excluding carboxylic acids is 2. The summed E-state index contributed by atoms with van der Waals surface area (Å²) in [5, 5.41) is 10.6. The van der Waals surface area contributed by atoms with E-state index in [2.05, 4.69) is 0 Å². The predicted octanol–water partition coefficient (Wildman–Crippen LogP) is 3.43. The van der Waals surface area contributed by atoms with E-state index in [1.165, 1.54) is 23.1 Å². The van der Waals surface area contributed by atoms with Gasteiger partial charge in [0.25, 0.3) is 5.91 Å². The number of aliphatic hydroxyl groups is 1. The van der Waals surface area contributed by atoms with E-state index >= 15 is 0 Å². The van der Waals surface area contributed by atoms with Gasteiger partial charge in [0.2, 0.25) is 0 Å². The highest BCUT2D eigenvalue weighted by molar-refractivity contribution is 6.30. The first-order chi connectivity index (χ1) is 13.6. The summed E-state index contributed by atoms with van der Waals surface area (Å²) in [5.74, 6) is -2.38. The first kappa shape index (κ1) is 18.4. The van der Waals surface area contributed by atoms with Crippen molar-refractivity contribution >= 4 is 17.3 Å². The Bertz CT molecular complexity index is 935. The van der Waals surface area contributed by atoms with Crippen molar-refractivity contribution in [2.75, 3.05) is 13.2 Å². The molecule has 2 atom stereocenters. The summed E-state index contributed by atoms with van der Waals surface area (Å²) in [7, 11) is 0. The molecule has 0 unspecified atom stereocenters. The molecule has 28 heavy (non-hydrogen) atoms. The van der Waals surface area contributed by atoms with Crippen LogP contribution in [-0.2, 0) is 14.3 Å². The lowest BCUT2D eigenvalue weighted by molar-refractivity contribution is -0.140. The summed E-state index contributed by atoms with van der Waals surface area (Å²) in [5.41, 5.74) is 0.457. The molecule has 2 aliphatic heterocycles. The van der Waals surface area contributed by atoms with Gasteiger partial charge in [-0.15, -0.1) is 0 Å². The number of Topliss-reactive ketones (excluding diaryl/α,β-unsaturated/α-hetero) is 1. The summed E-state index contributed by atoms with van der Waals surface area (Å²) in [6, 6.07) is 13.3. The van der Waals surface area contributed by atoms with Crippen LogP contribution in [0.3, 0.4) is 0 Å². The maximum absolute atomic E-state index is 14.6. The van der Waals surface area contributed by atoms with Crippen LogP contribution in [0.25, 0.3) is 5.57 Å². The molecule has 2 aromatic rings. The molecule has 2 heterocycles.